The normalized spacial score (nSPS) is 11.4. The number of rotatable bonds is 5. The molecule has 3 nitrogen and oxygen atoms in total. The van der Waals surface area contributed by atoms with Crippen molar-refractivity contribution < 1.29 is 9.90 Å². The summed E-state index contributed by atoms with van der Waals surface area (Å²) in [6.07, 6.45) is 0.490. The lowest BCUT2D eigenvalue weighted by atomic mass is 10.00. The van der Waals surface area contributed by atoms with Crippen molar-refractivity contribution in [3.63, 3.8) is 0 Å². The molecule has 0 atom stereocenters. The Morgan fingerprint density at radius 2 is 1.94 bits per heavy atom. The first-order valence-electron chi connectivity index (χ1n) is 5.91. The Balaban J connectivity index is 3.18. The van der Waals surface area contributed by atoms with Crippen LogP contribution in [0.3, 0.4) is 0 Å². The highest BCUT2D eigenvalue weighted by molar-refractivity contribution is 6.01. The number of aliphatic hydroxyl groups is 1. The molecule has 0 aromatic heterocycles. The average molecular weight is 235 g/mol. The van der Waals surface area contributed by atoms with E-state index in [9.17, 15) is 9.90 Å². The highest BCUT2D eigenvalue weighted by atomic mass is 16.3. The van der Waals surface area contributed by atoms with Crippen LogP contribution >= 0.6 is 0 Å². The number of hydrogen-bond acceptors (Lipinski definition) is 3. The predicted molar refractivity (Wildman–Crippen MR) is 70.6 cm³/mol. The van der Waals surface area contributed by atoms with Crippen molar-refractivity contribution in [1.29, 1.82) is 0 Å². The standard InChI is InChI=1S/C14H21NO2/c1-5-13(17)11-8-6-7-9-12(11)15(4)14(2,3)10-16/h6-9,16H,5,10H2,1-4H3. The number of benzene rings is 1. The lowest BCUT2D eigenvalue weighted by Crippen LogP contribution is -2.45. The van der Waals surface area contributed by atoms with Crippen molar-refractivity contribution in [2.24, 2.45) is 0 Å². The number of carbonyl (C=O) groups is 1. The molecule has 0 unspecified atom stereocenters. The Hall–Kier alpha value is -1.35. The van der Waals surface area contributed by atoms with Crippen LogP contribution in [-0.4, -0.2) is 30.1 Å². The molecule has 0 saturated heterocycles. The minimum absolute atomic E-state index is 0.0398. The number of nitrogens with zero attached hydrogens (tertiary/aromatic N) is 1. The largest absolute Gasteiger partial charge is 0.394 e. The fourth-order valence-electron chi connectivity index (χ4n) is 1.62. The Morgan fingerprint density at radius 1 is 1.35 bits per heavy atom. The van der Waals surface area contributed by atoms with Crippen molar-refractivity contribution in [1.82, 2.24) is 0 Å². The van der Waals surface area contributed by atoms with Crippen LogP contribution < -0.4 is 4.90 Å². The van der Waals surface area contributed by atoms with E-state index < -0.39 is 0 Å². The van der Waals surface area contributed by atoms with E-state index in [0.29, 0.717) is 6.42 Å². The zero-order valence-electron chi connectivity index (χ0n) is 11.0. The number of likely N-dealkylation sites (N-methyl/N-ethyl adjacent to an activating group) is 1. The predicted octanol–water partition coefficient (Wildman–Crippen LogP) is 2.49. The Bertz CT molecular complexity index is 399. The van der Waals surface area contributed by atoms with E-state index in [-0.39, 0.29) is 17.9 Å². The van der Waals surface area contributed by atoms with Crippen molar-refractivity contribution in [2.45, 2.75) is 32.7 Å². The zero-order chi connectivity index (χ0) is 13.1. The van der Waals surface area contributed by atoms with Crippen LogP contribution in [0, 0.1) is 0 Å². The molecule has 0 spiro atoms. The van der Waals surface area contributed by atoms with Crippen molar-refractivity contribution in [3.8, 4) is 0 Å². The summed E-state index contributed by atoms with van der Waals surface area (Å²) in [6, 6.07) is 7.53. The molecule has 0 aliphatic rings. The first-order chi connectivity index (χ1) is 7.94. The molecule has 0 fully saturated rings. The lowest BCUT2D eigenvalue weighted by Gasteiger charge is -2.36. The lowest BCUT2D eigenvalue weighted by molar-refractivity contribution is 0.0988. The van der Waals surface area contributed by atoms with Gasteiger partial charge in [0.1, 0.15) is 0 Å². The fourth-order valence-corrected chi connectivity index (χ4v) is 1.62. The van der Waals surface area contributed by atoms with Gasteiger partial charge >= 0.3 is 0 Å². The Kier molecular flexibility index (Phi) is 4.29. The van der Waals surface area contributed by atoms with E-state index in [2.05, 4.69) is 0 Å². The van der Waals surface area contributed by atoms with Crippen LogP contribution in [0.4, 0.5) is 5.69 Å². The summed E-state index contributed by atoms with van der Waals surface area (Å²) >= 11 is 0. The molecule has 1 aromatic carbocycles. The van der Waals surface area contributed by atoms with Crippen LogP contribution in [0.5, 0.6) is 0 Å². The first-order valence-corrected chi connectivity index (χ1v) is 5.91. The molecule has 1 N–H and O–H groups in total. The highest BCUT2D eigenvalue weighted by Crippen LogP contribution is 2.26. The van der Waals surface area contributed by atoms with Gasteiger partial charge in [-0.25, -0.2) is 0 Å². The molecule has 17 heavy (non-hydrogen) atoms. The van der Waals surface area contributed by atoms with E-state index >= 15 is 0 Å². The maximum atomic E-state index is 11.9. The van der Waals surface area contributed by atoms with E-state index in [0.717, 1.165) is 11.3 Å². The second kappa shape index (κ2) is 5.32. The van der Waals surface area contributed by atoms with Gasteiger partial charge in [-0.2, -0.15) is 0 Å². The zero-order valence-corrected chi connectivity index (χ0v) is 11.0. The number of carbonyl (C=O) groups excluding carboxylic acids is 1. The summed E-state index contributed by atoms with van der Waals surface area (Å²) in [7, 11) is 1.90. The van der Waals surface area contributed by atoms with Gasteiger partial charge in [-0.15, -0.1) is 0 Å². The van der Waals surface area contributed by atoms with Gasteiger partial charge in [0, 0.05) is 24.7 Å². The van der Waals surface area contributed by atoms with Crippen LogP contribution in [-0.2, 0) is 0 Å². The van der Waals surface area contributed by atoms with Crippen molar-refractivity contribution >= 4 is 11.5 Å². The first kappa shape index (κ1) is 13.7. The van der Waals surface area contributed by atoms with Crippen molar-refractivity contribution in [2.75, 3.05) is 18.6 Å². The maximum Gasteiger partial charge on any atom is 0.164 e. The van der Waals surface area contributed by atoms with Gasteiger partial charge in [0.05, 0.1) is 12.1 Å². The van der Waals surface area contributed by atoms with Crippen molar-refractivity contribution in [3.05, 3.63) is 29.8 Å². The van der Waals surface area contributed by atoms with Gasteiger partial charge in [0.25, 0.3) is 0 Å². The second-order valence-electron chi connectivity index (χ2n) is 4.82. The van der Waals surface area contributed by atoms with Gasteiger partial charge in [-0.3, -0.25) is 4.79 Å². The number of Topliss-reactive ketones (excluding diaryl/α,β-unsaturated/α-hetero) is 1. The number of anilines is 1. The van der Waals surface area contributed by atoms with E-state index in [1.165, 1.54) is 0 Å². The fraction of sp³-hybridized carbons (Fsp3) is 0.500. The molecule has 0 heterocycles. The van der Waals surface area contributed by atoms with E-state index in [1.807, 2.05) is 57.0 Å². The summed E-state index contributed by atoms with van der Waals surface area (Å²) in [5.74, 6) is 0.126. The van der Waals surface area contributed by atoms with Crippen LogP contribution in [0.15, 0.2) is 24.3 Å². The van der Waals surface area contributed by atoms with Gasteiger partial charge in [-0.1, -0.05) is 19.1 Å². The molecule has 1 rings (SSSR count). The van der Waals surface area contributed by atoms with Crippen LogP contribution in [0.2, 0.25) is 0 Å². The number of ketones is 1. The van der Waals surface area contributed by atoms with Gasteiger partial charge in [-0.05, 0) is 26.0 Å². The summed E-state index contributed by atoms with van der Waals surface area (Å²) in [5, 5.41) is 9.39. The molecular weight excluding hydrogens is 214 g/mol. The molecule has 0 saturated carbocycles. The van der Waals surface area contributed by atoms with Gasteiger partial charge in [0.2, 0.25) is 0 Å². The average Bonchev–Trinajstić information content (AvgIpc) is 2.36. The summed E-state index contributed by atoms with van der Waals surface area (Å²) < 4.78 is 0. The Morgan fingerprint density at radius 3 is 2.47 bits per heavy atom. The molecule has 3 heteroatoms. The quantitative estimate of drug-likeness (QED) is 0.797. The molecule has 1 aromatic rings. The number of aliphatic hydroxyl groups excluding tert-OH is 1. The summed E-state index contributed by atoms with van der Waals surface area (Å²) in [4.78, 5) is 13.8. The molecule has 0 aliphatic heterocycles. The van der Waals surface area contributed by atoms with E-state index in [1.54, 1.807) is 0 Å². The van der Waals surface area contributed by atoms with Crippen LogP contribution in [0.1, 0.15) is 37.6 Å². The molecule has 94 valence electrons. The molecular formula is C14H21NO2. The third-order valence-corrected chi connectivity index (χ3v) is 3.18. The second-order valence-corrected chi connectivity index (χ2v) is 4.82. The third-order valence-electron chi connectivity index (χ3n) is 3.18. The molecule has 0 amide bonds. The maximum absolute atomic E-state index is 11.9. The van der Waals surface area contributed by atoms with E-state index in [4.69, 9.17) is 0 Å². The SMILES string of the molecule is CCC(=O)c1ccccc1N(C)C(C)(C)CO. The minimum atomic E-state index is -0.385. The number of para-hydroxylation sites is 1. The third kappa shape index (κ3) is 2.86. The molecule has 0 bridgehead atoms. The molecule has 0 radical (unpaired) electrons. The minimum Gasteiger partial charge on any atom is -0.394 e. The smallest absolute Gasteiger partial charge is 0.164 e. The highest BCUT2D eigenvalue weighted by Gasteiger charge is 2.25. The monoisotopic (exact) mass is 235 g/mol. The topological polar surface area (TPSA) is 40.5 Å². The summed E-state index contributed by atoms with van der Waals surface area (Å²) in [6.45, 7) is 5.79. The van der Waals surface area contributed by atoms with Gasteiger partial charge < -0.3 is 10.0 Å². The van der Waals surface area contributed by atoms with Gasteiger partial charge in [0.15, 0.2) is 5.78 Å². The Labute approximate surface area is 103 Å². The summed E-state index contributed by atoms with van der Waals surface area (Å²) in [5.41, 5.74) is 1.21. The number of hydrogen-bond donors (Lipinski definition) is 1. The van der Waals surface area contributed by atoms with Crippen LogP contribution in [0.25, 0.3) is 0 Å². The molecule has 0 aliphatic carbocycles.